The third-order valence-corrected chi connectivity index (χ3v) is 4.17. The highest BCUT2D eigenvalue weighted by molar-refractivity contribution is 7.10. The van der Waals surface area contributed by atoms with Gasteiger partial charge < -0.3 is 4.90 Å². The molecule has 1 aliphatic rings. The van der Waals surface area contributed by atoms with Gasteiger partial charge in [-0.05, 0) is 30.4 Å². The zero-order valence-corrected chi connectivity index (χ0v) is 10.2. The number of hydrogen-bond donors (Lipinski definition) is 0. The molecule has 1 atom stereocenters. The first kappa shape index (κ1) is 10.7. The molecule has 5 heteroatoms. The van der Waals surface area contributed by atoms with Gasteiger partial charge in [0.05, 0.1) is 18.4 Å². The van der Waals surface area contributed by atoms with Crippen molar-refractivity contribution in [2.75, 3.05) is 11.4 Å². The fourth-order valence-corrected chi connectivity index (χ4v) is 3.24. The van der Waals surface area contributed by atoms with E-state index in [9.17, 15) is 4.39 Å². The first-order valence-corrected chi connectivity index (χ1v) is 6.44. The number of hydrogen-bond acceptors (Lipinski definition) is 4. The van der Waals surface area contributed by atoms with Crippen molar-refractivity contribution in [3.8, 4) is 0 Å². The second kappa shape index (κ2) is 4.07. The topological polar surface area (TPSA) is 29.0 Å². The van der Waals surface area contributed by atoms with Crippen LogP contribution in [-0.2, 0) is 6.42 Å². The van der Waals surface area contributed by atoms with Crippen LogP contribution < -0.4 is 4.90 Å². The molecule has 0 fully saturated rings. The normalized spacial score (nSPS) is 19.2. The van der Waals surface area contributed by atoms with Crippen molar-refractivity contribution in [3.63, 3.8) is 0 Å². The van der Waals surface area contributed by atoms with Crippen molar-refractivity contribution in [2.45, 2.75) is 19.4 Å². The minimum atomic E-state index is -0.533. The highest BCUT2D eigenvalue weighted by Gasteiger charge is 2.25. The lowest BCUT2D eigenvalue weighted by Crippen LogP contribution is -2.33. The average Bonchev–Trinajstić information content (AvgIpc) is 2.80. The Hall–Kier alpha value is -1.49. The third-order valence-electron chi connectivity index (χ3n) is 3.18. The summed E-state index contributed by atoms with van der Waals surface area (Å²) in [5.74, 6) is 0.213. The smallest absolute Gasteiger partial charge is 0.231 e. The van der Waals surface area contributed by atoms with Crippen LogP contribution in [0.15, 0.2) is 23.8 Å². The summed E-state index contributed by atoms with van der Waals surface area (Å²) in [4.78, 5) is 11.4. The SMILES string of the molecule is CC1c2ccsc2CCN1c1cnc(F)cn1. The molecular formula is C12H12FN3S. The Labute approximate surface area is 103 Å². The minimum Gasteiger partial charge on any atom is -0.348 e. The molecule has 0 saturated heterocycles. The highest BCUT2D eigenvalue weighted by atomic mass is 32.1. The lowest BCUT2D eigenvalue weighted by molar-refractivity contribution is 0.569. The largest absolute Gasteiger partial charge is 0.348 e. The second-order valence-corrected chi connectivity index (χ2v) is 5.12. The van der Waals surface area contributed by atoms with E-state index in [2.05, 4.69) is 33.2 Å². The summed E-state index contributed by atoms with van der Waals surface area (Å²) < 4.78 is 12.7. The maximum Gasteiger partial charge on any atom is 0.231 e. The van der Waals surface area contributed by atoms with Crippen LogP contribution in [-0.4, -0.2) is 16.5 Å². The van der Waals surface area contributed by atoms with Crippen LogP contribution in [0.5, 0.6) is 0 Å². The summed E-state index contributed by atoms with van der Waals surface area (Å²) in [5, 5.41) is 2.13. The van der Waals surface area contributed by atoms with Crippen molar-refractivity contribution in [2.24, 2.45) is 0 Å². The number of fused-ring (bicyclic) bond motifs is 1. The summed E-state index contributed by atoms with van der Waals surface area (Å²) in [6.07, 6.45) is 3.70. The van der Waals surface area contributed by atoms with Gasteiger partial charge in [-0.15, -0.1) is 11.3 Å². The van der Waals surface area contributed by atoms with Gasteiger partial charge in [0, 0.05) is 11.4 Å². The van der Waals surface area contributed by atoms with Crippen LogP contribution >= 0.6 is 11.3 Å². The number of rotatable bonds is 1. The molecule has 1 unspecified atom stereocenters. The molecule has 2 aromatic rings. The van der Waals surface area contributed by atoms with Crippen LogP contribution in [0, 0.1) is 5.95 Å². The van der Waals surface area contributed by atoms with Gasteiger partial charge in [-0.25, -0.2) is 9.97 Å². The van der Waals surface area contributed by atoms with Crippen molar-refractivity contribution in [1.29, 1.82) is 0 Å². The summed E-state index contributed by atoms with van der Waals surface area (Å²) in [7, 11) is 0. The second-order valence-electron chi connectivity index (χ2n) is 4.12. The molecule has 17 heavy (non-hydrogen) atoms. The van der Waals surface area contributed by atoms with E-state index >= 15 is 0 Å². The van der Waals surface area contributed by atoms with Crippen molar-refractivity contribution < 1.29 is 4.39 Å². The Morgan fingerprint density at radius 3 is 3.06 bits per heavy atom. The Bertz CT molecular complexity index is 523. The fourth-order valence-electron chi connectivity index (χ4n) is 2.28. The summed E-state index contributed by atoms with van der Waals surface area (Å²) in [6, 6.07) is 2.44. The lowest BCUT2D eigenvalue weighted by atomic mass is 10.0. The van der Waals surface area contributed by atoms with E-state index in [1.165, 1.54) is 22.8 Å². The van der Waals surface area contributed by atoms with Crippen LogP contribution in [0.2, 0.25) is 0 Å². The summed E-state index contributed by atoms with van der Waals surface area (Å²) in [6.45, 7) is 3.06. The van der Waals surface area contributed by atoms with Crippen LogP contribution in [0.3, 0.4) is 0 Å². The molecule has 2 aromatic heterocycles. The van der Waals surface area contributed by atoms with E-state index in [1.54, 1.807) is 11.3 Å². The molecule has 3 nitrogen and oxygen atoms in total. The Morgan fingerprint density at radius 1 is 1.41 bits per heavy atom. The summed E-state index contributed by atoms with van der Waals surface area (Å²) >= 11 is 1.81. The monoisotopic (exact) mass is 249 g/mol. The molecule has 1 aliphatic heterocycles. The van der Waals surface area contributed by atoms with Crippen molar-refractivity contribution >= 4 is 17.2 Å². The number of halogens is 1. The maximum atomic E-state index is 12.7. The molecule has 0 amide bonds. The number of nitrogens with zero attached hydrogens (tertiary/aromatic N) is 3. The molecule has 3 rings (SSSR count). The lowest BCUT2D eigenvalue weighted by Gasteiger charge is -2.34. The Morgan fingerprint density at radius 2 is 2.29 bits per heavy atom. The molecule has 0 saturated carbocycles. The van der Waals surface area contributed by atoms with Gasteiger partial charge in [-0.3, -0.25) is 0 Å². The molecule has 0 aliphatic carbocycles. The van der Waals surface area contributed by atoms with E-state index in [1.807, 2.05) is 0 Å². The zero-order chi connectivity index (χ0) is 11.8. The number of aromatic nitrogens is 2. The van der Waals surface area contributed by atoms with Crippen LogP contribution in [0.25, 0.3) is 0 Å². The highest BCUT2D eigenvalue weighted by Crippen LogP contribution is 2.34. The van der Waals surface area contributed by atoms with Gasteiger partial charge in [-0.1, -0.05) is 0 Å². The third kappa shape index (κ3) is 1.80. The quantitative estimate of drug-likeness (QED) is 0.778. The van der Waals surface area contributed by atoms with Crippen molar-refractivity contribution in [3.05, 3.63) is 40.2 Å². The first-order valence-electron chi connectivity index (χ1n) is 5.56. The zero-order valence-electron chi connectivity index (χ0n) is 9.43. The number of anilines is 1. The Kier molecular flexibility index (Phi) is 2.55. The predicted octanol–water partition coefficient (Wildman–Crippen LogP) is 2.80. The van der Waals surface area contributed by atoms with E-state index < -0.39 is 5.95 Å². The standard InChI is InChI=1S/C12H12FN3S/c1-8-9-3-5-17-10(9)2-4-16(8)12-7-14-11(13)6-15-12/h3,5-8H,2,4H2,1H3. The van der Waals surface area contributed by atoms with E-state index in [0.29, 0.717) is 0 Å². The van der Waals surface area contributed by atoms with Gasteiger partial charge in [-0.2, -0.15) is 4.39 Å². The fraction of sp³-hybridized carbons (Fsp3) is 0.333. The van der Waals surface area contributed by atoms with Gasteiger partial charge in [0.2, 0.25) is 5.95 Å². The molecule has 0 spiro atoms. The predicted molar refractivity (Wildman–Crippen MR) is 65.8 cm³/mol. The van der Waals surface area contributed by atoms with Gasteiger partial charge in [0.25, 0.3) is 0 Å². The molecule has 0 radical (unpaired) electrons. The molecule has 0 bridgehead atoms. The van der Waals surface area contributed by atoms with Crippen LogP contribution in [0.1, 0.15) is 23.4 Å². The van der Waals surface area contributed by atoms with E-state index in [-0.39, 0.29) is 6.04 Å². The summed E-state index contributed by atoms with van der Waals surface area (Å²) in [5.41, 5.74) is 1.35. The van der Waals surface area contributed by atoms with Crippen molar-refractivity contribution in [1.82, 2.24) is 9.97 Å². The molecule has 3 heterocycles. The average molecular weight is 249 g/mol. The molecular weight excluding hydrogens is 237 g/mol. The number of thiophene rings is 1. The first-order chi connectivity index (χ1) is 8.25. The maximum absolute atomic E-state index is 12.7. The van der Waals surface area contributed by atoms with Gasteiger partial charge in [0.15, 0.2) is 0 Å². The van der Waals surface area contributed by atoms with E-state index in [4.69, 9.17) is 0 Å². The van der Waals surface area contributed by atoms with Gasteiger partial charge in [0.1, 0.15) is 5.82 Å². The van der Waals surface area contributed by atoms with E-state index in [0.717, 1.165) is 18.8 Å². The van der Waals surface area contributed by atoms with Crippen LogP contribution in [0.4, 0.5) is 10.2 Å². The Balaban J connectivity index is 1.93. The minimum absolute atomic E-state index is 0.282. The molecule has 0 N–H and O–H groups in total. The molecule has 88 valence electrons. The van der Waals surface area contributed by atoms with Gasteiger partial charge >= 0.3 is 0 Å². The molecule has 0 aromatic carbocycles.